The maximum absolute atomic E-state index is 12.3. The average molecular weight is 294 g/mol. The first-order valence-corrected chi connectivity index (χ1v) is 6.46. The maximum Gasteiger partial charge on any atom is 0.253 e. The summed E-state index contributed by atoms with van der Waals surface area (Å²) in [5.74, 6) is 0.642. The normalized spacial score (nSPS) is 10.4. The summed E-state index contributed by atoms with van der Waals surface area (Å²) >= 11 is 6.04. The topological polar surface area (TPSA) is 47.4 Å². The lowest BCUT2D eigenvalue weighted by Crippen LogP contribution is -2.27. The SMILES string of the molecule is COc1ccc(C(=O)N(C)Cc2c(Cl)cnn2C)cc1. The van der Waals surface area contributed by atoms with Gasteiger partial charge in [0.1, 0.15) is 5.75 Å². The molecule has 0 aliphatic rings. The Morgan fingerprint density at radius 2 is 2.05 bits per heavy atom. The van der Waals surface area contributed by atoms with Crippen LogP contribution >= 0.6 is 11.6 Å². The van der Waals surface area contributed by atoms with Crippen LogP contribution in [0.4, 0.5) is 0 Å². The smallest absolute Gasteiger partial charge is 0.253 e. The zero-order chi connectivity index (χ0) is 14.7. The van der Waals surface area contributed by atoms with Crippen molar-refractivity contribution in [1.82, 2.24) is 14.7 Å². The van der Waals surface area contributed by atoms with Crippen molar-refractivity contribution < 1.29 is 9.53 Å². The molecule has 0 aliphatic heterocycles. The largest absolute Gasteiger partial charge is 0.497 e. The molecule has 2 rings (SSSR count). The van der Waals surface area contributed by atoms with E-state index in [1.165, 1.54) is 0 Å². The van der Waals surface area contributed by atoms with Crippen LogP contribution in [-0.2, 0) is 13.6 Å². The van der Waals surface area contributed by atoms with E-state index < -0.39 is 0 Å². The van der Waals surface area contributed by atoms with Crippen molar-refractivity contribution in [3.63, 3.8) is 0 Å². The predicted molar refractivity (Wildman–Crippen MR) is 77.0 cm³/mol. The number of carbonyl (C=O) groups is 1. The molecule has 5 nitrogen and oxygen atoms in total. The van der Waals surface area contributed by atoms with Crippen molar-refractivity contribution in [2.45, 2.75) is 6.54 Å². The molecule has 6 heteroatoms. The third-order valence-corrected chi connectivity index (χ3v) is 3.40. The van der Waals surface area contributed by atoms with Crippen LogP contribution in [-0.4, -0.2) is 34.7 Å². The highest BCUT2D eigenvalue weighted by atomic mass is 35.5. The van der Waals surface area contributed by atoms with Crippen LogP contribution in [0.5, 0.6) is 5.75 Å². The molecule has 106 valence electrons. The fourth-order valence-electron chi connectivity index (χ4n) is 1.86. The Morgan fingerprint density at radius 1 is 1.40 bits per heavy atom. The van der Waals surface area contributed by atoms with Crippen LogP contribution in [0.15, 0.2) is 30.5 Å². The number of hydrogen-bond acceptors (Lipinski definition) is 3. The van der Waals surface area contributed by atoms with Crippen LogP contribution in [0.3, 0.4) is 0 Å². The monoisotopic (exact) mass is 293 g/mol. The fourth-order valence-corrected chi connectivity index (χ4v) is 2.09. The van der Waals surface area contributed by atoms with Gasteiger partial charge in [0.15, 0.2) is 0 Å². The second kappa shape index (κ2) is 5.96. The zero-order valence-electron chi connectivity index (χ0n) is 11.6. The van der Waals surface area contributed by atoms with Gasteiger partial charge in [0.05, 0.1) is 30.6 Å². The molecule has 0 saturated carbocycles. The average Bonchev–Trinajstić information content (AvgIpc) is 2.78. The molecule has 0 N–H and O–H groups in total. The molecule has 20 heavy (non-hydrogen) atoms. The number of ether oxygens (including phenoxy) is 1. The molecule has 0 unspecified atom stereocenters. The van der Waals surface area contributed by atoms with Crippen molar-refractivity contribution in [3.05, 3.63) is 46.7 Å². The van der Waals surface area contributed by atoms with Crippen molar-refractivity contribution in [1.29, 1.82) is 0 Å². The van der Waals surface area contributed by atoms with E-state index >= 15 is 0 Å². The second-order valence-electron chi connectivity index (χ2n) is 4.45. The molecule has 0 atom stereocenters. The number of hydrogen-bond donors (Lipinski definition) is 0. The Kier molecular flexibility index (Phi) is 4.29. The van der Waals surface area contributed by atoms with Gasteiger partial charge in [-0.15, -0.1) is 0 Å². The molecule has 0 fully saturated rings. The van der Waals surface area contributed by atoms with Gasteiger partial charge in [0.2, 0.25) is 0 Å². The first-order valence-electron chi connectivity index (χ1n) is 6.09. The molecule has 0 bridgehead atoms. The minimum atomic E-state index is -0.0788. The minimum Gasteiger partial charge on any atom is -0.497 e. The molecule has 0 saturated heterocycles. The third-order valence-electron chi connectivity index (χ3n) is 3.08. The number of aryl methyl sites for hydroxylation is 1. The Balaban J connectivity index is 2.12. The summed E-state index contributed by atoms with van der Waals surface area (Å²) < 4.78 is 6.74. The third kappa shape index (κ3) is 2.93. The number of halogens is 1. The molecule has 1 aromatic heterocycles. The van der Waals surface area contributed by atoms with Crippen molar-refractivity contribution in [3.8, 4) is 5.75 Å². The fraction of sp³-hybridized carbons (Fsp3) is 0.286. The van der Waals surface area contributed by atoms with E-state index in [0.717, 1.165) is 11.4 Å². The number of carbonyl (C=O) groups excluding carboxylic acids is 1. The lowest BCUT2D eigenvalue weighted by atomic mass is 10.2. The first kappa shape index (κ1) is 14.4. The summed E-state index contributed by atoms with van der Waals surface area (Å²) in [6.45, 7) is 0.403. The first-order chi connectivity index (χ1) is 9.52. The second-order valence-corrected chi connectivity index (χ2v) is 4.86. The summed E-state index contributed by atoms with van der Waals surface area (Å²) in [7, 11) is 5.12. The van der Waals surface area contributed by atoms with Gasteiger partial charge in [-0.2, -0.15) is 5.10 Å². The van der Waals surface area contributed by atoms with E-state index in [9.17, 15) is 4.79 Å². The van der Waals surface area contributed by atoms with Crippen LogP contribution in [0.2, 0.25) is 5.02 Å². The predicted octanol–water partition coefficient (Wildman–Crippen LogP) is 2.35. The maximum atomic E-state index is 12.3. The van der Waals surface area contributed by atoms with Crippen LogP contribution in [0.25, 0.3) is 0 Å². The Bertz CT molecular complexity index is 588. The summed E-state index contributed by atoms with van der Waals surface area (Å²) in [5, 5.41) is 4.61. The minimum absolute atomic E-state index is 0.0788. The lowest BCUT2D eigenvalue weighted by Gasteiger charge is -2.17. The molecule has 0 radical (unpaired) electrons. The van der Waals surface area contributed by atoms with Crippen molar-refractivity contribution in [2.24, 2.45) is 7.05 Å². The van der Waals surface area contributed by atoms with Gasteiger partial charge in [-0.3, -0.25) is 9.48 Å². The number of methoxy groups -OCH3 is 1. The van der Waals surface area contributed by atoms with E-state index in [0.29, 0.717) is 17.1 Å². The van der Waals surface area contributed by atoms with Crippen LogP contribution in [0, 0.1) is 0 Å². The molecular formula is C14H16ClN3O2. The summed E-state index contributed by atoms with van der Waals surface area (Å²) in [6, 6.07) is 7.00. The van der Waals surface area contributed by atoms with E-state index in [2.05, 4.69) is 5.10 Å². The highest BCUT2D eigenvalue weighted by Gasteiger charge is 2.15. The van der Waals surface area contributed by atoms with Gasteiger partial charge in [-0.25, -0.2) is 0 Å². The molecule has 1 heterocycles. The number of aromatic nitrogens is 2. The van der Waals surface area contributed by atoms with E-state index in [1.807, 2.05) is 0 Å². The van der Waals surface area contributed by atoms with Gasteiger partial charge < -0.3 is 9.64 Å². The standard InChI is InChI=1S/C14H16ClN3O2/c1-17(9-13-12(15)8-16-18(13)2)14(19)10-4-6-11(20-3)7-5-10/h4-8H,9H2,1-3H3. The van der Waals surface area contributed by atoms with Crippen molar-refractivity contribution >= 4 is 17.5 Å². The Morgan fingerprint density at radius 3 is 2.55 bits per heavy atom. The molecule has 0 spiro atoms. The molecular weight excluding hydrogens is 278 g/mol. The molecule has 2 aromatic rings. The van der Waals surface area contributed by atoms with Gasteiger partial charge in [0.25, 0.3) is 5.91 Å². The van der Waals surface area contributed by atoms with Crippen LogP contribution in [0.1, 0.15) is 16.1 Å². The van der Waals surface area contributed by atoms with Crippen LogP contribution < -0.4 is 4.74 Å². The summed E-state index contributed by atoms with van der Waals surface area (Å²) in [5.41, 5.74) is 1.41. The van der Waals surface area contributed by atoms with Crippen molar-refractivity contribution in [2.75, 3.05) is 14.2 Å². The number of amides is 1. The number of nitrogens with zero attached hydrogens (tertiary/aromatic N) is 3. The van der Waals surface area contributed by atoms with Gasteiger partial charge in [0, 0.05) is 19.7 Å². The Hall–Kier alpha value is -2.01. The summed E-state index contributed by atoms with van der Waals surface area (Å²) in [6.07, 6.45) is 1.57. The highest BCUT2D eigenvalue weighted by Crippen LogP contribution is 2.18. The Labute approximate surface area is 122 Å². The number of rotatable bonds is 4. The lowest BCUT2D eigenvalue weighted by molar-refractivity contribution is 0.0782. The summed E-state index contributed by atoms with van der Waals surface area (Å²) in [4.78, 5) is 13.9. The molecule has 1 aromatic carbocycles. The van der Waals surface area contributed by atoms with Gasteiger partial charge in [-0.1, -0.05) is 11.6 Å². The van der Waals surface area contributed by atoms with E-state index in [-0.39, 0.29) is 5.91 Å². The van der Waals surface area contributed by atoms with E-state index in [1.54, 1.807) is 61.2 Å². The highest BCUT2D eigenvalue weighted by molar-refractivity contribution is 6.31. The van der Waals surface area contributed by atoms with Gasteiger partial charge in [-0.05, 0) is 24.3 Å². The molecule has 1 amide bonds. The quantitative estimate of drug-likeness (QED) is 0.869. The number of benzene rings is 1. The zero-order valence-corrected chi connectivity index (χ0v) is 12.4. The van der Waals surface area contributed by atoms with E-state index in [4.69, 9.17) is 16.3 Å². The van der Waals surface area contributed by atoms with Gasteiger partial charge >= 0.3 is 0 Å². The molecule has 0 aliphatic carbocycles.